The molecule has 0 unspecified atom stereocenters. The molecule has 3 aromatic heterocycles. The molecular formula is C21H14N8O2. The fourth-order valence-electron chi connectivity index (χ4n) is 3.50. The van der Waals surface area contributed by atoms with Gasteiger partial charge in [-0.1, -0.05) is 42.5 Å². The fourth-order valence-corrected chi connectivity index (χ4v) is 3.50. The number of tetrazole rings is 1. The van der Waals surface area contributed by atoms with Crippen molar-refractivity contribution in [2.45, 2.75) is 0 Å². The second-order valence-corrected chi connectivity index (χ2v) is 6.60. The van der Waals surface area contributed by atoms with Crippen molar-refractivity contribution < 1.29 is 4.74 Å². The van der Waals surface area contributed by atoms with E-state index in [4.69, 9.17) is 4.74 Å². The summed E-state index contributed by atoms with van der Waals surface area (Å²) in [5.41, 5.74) is 2.24. The molecule has 0 fully saturated rings. The lowest BCUT2D eigenvalue weighted by Crippen LogP contribution is -2.15. The SMILES string of the molecule is COc1cccc(-c2c(-c3nn[nH]n3)[nH]n3c(-c4ccccc4)c(C#N)nc3c2=O)c1. The number of benzene rings is 2. The Hall–Kier alpha value is -4.78. The number of hydrogen-bond acceptors (Lipinski definition) is 7. The highest BCUT2D eigenvalue weighted by atomic mass is 16.5. The molecule has 150 valence electrons. The summed E-state index contributed by atoms with van der Waals surface area (Å²) in [7, 11) is 1.55. The van der Waals surface area contributed by atoms with Gasteiger partial charge in [-0.25, -0.2) is 9.50 Å². The number of H-pyrrole nitrogens is 2. The van der Waals surface area contributed by atoms with E-state index < -0.39 is 0 Å². The van der Waals surface area contributed by atoms with E-state index in [2.05, 4.69) is 36.8 Å². The third kappa shape index (κ3) is 2.92. The number of aromatic nitrogens is 7. The van der Waals surface area contributed by atoms with Crippen molar-refractivity contribution in [3.8, 4) is 45.7 Å². The molecule has 0 aliphatic rings. The van der Waals surface area contributed by atoms with E-state index in [0.717, 1.165) is 5.56 Å². The zero-order valence-corrected chi connectivity index (χ0v) is 16.2. The van der Waals surface area contributed by atoms with Crippen molar-refractivity contribution in [1.82, 2.24) is 35.2 Å². The predicted octanol–water partition coefficient (Wildman–Crippen LogP) is 2.42. The summed E-state index contributed by atoms with van der Waals surface area (Å²) in [4.78, 5) is 17.9. The fraction of sp³-hybridized carbons (Fsp3) is 0.0476. The summed E-state index contributed by atoms with van der Waals surface area (Å²) in [6.07, 6.45) is 0. The molecule has 2 N–H and O–H groups in total. The Kier molecular flexibility index (Phi) is 4.26. The van der Waals surface area contributed by atoms with Gasteiger partial charge in [0.05, 0.1) is 12.7 Å². The number of fused-ring (bicyclic) bond motifs is 1. The number of nitrogens with zero attached hydrogens (tertiary/aromatic N) is 6. The maximum Gasteiger partial charge on any atom is 0.233 e. The summed E-state index contributed by atoms with van der Waals surface area (Å²) >= 11 is 0. The van der Waals surface area contributed by atoms with E-state index >= 15 is 0 Å². The highest BCUT2D eigenvalue weighted by Gasteiger charge is 2.24. The first-order valence-corrected chi connectivity index (χ1v) is 9.23. The number of ether oxygens (including phenoxy) is 1. The van der Waals surface area contributed by atoms with Gasteiger partial charge in [0.2, 0.25) is 16.9 Å². The van der Waals surface area contributed by atoms with E-state index in [0.29, 0.717) is 28.3 Å². The van der Waals surface area contributed by atoms with E-state index in [-0.39, 0.29) is 22.6 Å². The molecule has 0 spiro atoms. The number of nitriles is 1. The first-order chi connectivity index (χ1) is 15.2. The molecular weight excluding hydrogens is 396 g/mol. The van der Waals surface area contributed by atoms with Crippen LogP contribution < -0.4 is 10.2 Å². The number of hydrogen-bond donors (Lipinski definition) is 2. The molecule has 10 nitrogen and oxygen atoms in total. The maximum atomic E-state index is 13.6. The number of nitrogens with one attached hydrogen (secondary N) is 2. The first kappa shape index (κ1) is 18.3. The van der Waals surface area contributed by atoms with Crippen molar-refractivity contribution in [3.05, 3.63) is 70.5 Å². The Morgan fingerprint density at radius 1 is 1.10 bits per heavy atom. The summed E-state index contributed by atoms with van der Waals surface area (Å²) in [5, 5.41) is 27.0. The Bertz CT molecular complexity index is 1490. The summed E-state index contributed by atoms with van der Waals surface area (Å²) in [6.45, 7) is 0. The van der Waals surface area contributed by atoms with Crippen LogP contribution in [0.4, 0.5) is 0 Å². The number of imidazole rings is 1. The topological polar surface area (TPSA) is 138 Å². The summed E-state index contributed by atoms with van der Waals surface area (Å²) in [6, 6.07) is 18.4. The zero-order chi connectivity index (χ0) is 21.4. The Morgan fingerprint density at radius 2 is 1.90 bits per heavy atom. The molecule has 5 aromatic rings. The lowest BCUT2D eigenvalue weighted by atomic mass is 10.0. The molecule has 0 bridgehead atoms. The lowest BCUT2D eigenvalue weighted by molar-refractivity contribution is 0.415. The van der Waals surface area contributed by atoms with E-state index in [1.54, 1.807) is 31.4 Å². The van der Waals surface area contributed by atoms with Gasteiger partial charge in [0.25, 0.3) is 0 Å². The number of aromatic amines is 2. The van der Waals surface area contributed by atoms with Crippen molar-refractivity contribution in [1.29, 1.82) is 5.26 Å². The van der Waals surface area contributed by atoms with Crippen LogP contribution in [0.1, 0.15) is 5.69 Å². The first-order valence-electron chi connectivity index (χ1n) is 9.23. The Morgan fingerprint density at radius 3 is 2.61 bits per heavy atom. The van der Waals surface area contributed by atoms with Crippen LogP contribution in [0.15, 0.2) is 59.4 Å². The van der Waals surface area contributed by atoms with Crippen LogP contribution in [-0.4, -0.2) is 42.3 Å². The molecule has 0 saturated heterocycles. The van der Waals surface area contributed by atoms with Crippen molar-refractivity contribution >= 4 is 5.65 Å². The quantitative estimate of drug-likeness (QED) is 0.464. The van der Waals surface area contributed by atoms with Gasteiger partial charge in [0, 0.05) is 5.56 Å². The average Bonchev–Trinajstić information content (AvgIpc) is 3.47. The third-order valence-corrected chi connectivity index (χ3v) is 4.86. The monoisotopic (exact) mass is 410 g/mol. The number of rotatable bonds is 4. The minimum atomic E-state index is -0.384. The van der Waals surface area contributed by atoms with Crippen LogP contribution in [0.5, 0.6) is 5.75 Å². The second-order valence-electron chi connectivity index (χ2n) is 6.60. The van der Waals surface area contributed by atoms with Gasteiger partial charge < -0.3 is 4.74 Å². The largest absolute Gasteiger partial charge is 0.497 e. The van der Waals surface area contributed by atoms with Crippen molar-refractivity contribution in [3.63, 3.8) is 0 Å². The van der Waals surface area contributed by atoms with Crippen LogP contribution in [-0.2, 0) is 0 Å². The Labute approximate surface area is 174 Å². The highest BCUT2D eigenvalue weighted by molar-refractivity contribution is 5.82. The van der Waals surface area contributed by atoms with Crippen molar-refractivity contribution in [2.24, 2.45) is 0 Å². The molecule has 0 atom stereocenters. The standard InChI is InChI=1S/C21H14N8O2/c1-31-14-9-5-8-13(10-14)16-17(20-24-27-28-25-20)26-29-18(12-6-3-2-4-7-12)15(11-22)23-21(29)19(16)30/h2-10,26H,1H3,(H,24,25,27,28). The van der Waals surface area contributed by atoms with Gasteiger partial charge in [0.15, 0.2) is 5.69 Å². The normalized spacial score (nSPS) is 10.8. The van der Waals surface area contributed by atoms with Crippen LogP contribution in [0.25, 0.3) is 39.5 Å². The Balaban J connectivity index is 1.91. The predicted molar refractivity (Wildman–Crippen MR) is 111 cm³/mol. The van der Waals surface area contributed by atoms with Crippen molar-refractivity contribution in [2.75, 3.05) is 7.11 Å². The van der Waals surface area contributed by atoms with Crippen LogP contribution in [0.2, 0.25) is 0 Å². The lowest BCUT2D eigenvalue weighted by Gasteiger charge is -2.10. The molecule has 0 aliphatic heterocycles. The molecule has 0 amide bonds. The molecule has 3 heterocycles. The van der Waals surface area contributed by atoms with Gasteiger partial charge >= 0.3 is 0 Å². The van der Waals surface area contributed by atoms with Gasteiger partial charge in [0.1, 0.15) is 23.2 Å². The minimum absolute atomic E-state index is 0.0838. The van der Waals surface area contributed by atoms with Crippen LogP contribution in [0, 0.1) is 11.3 Å². The highest BCUT2D eigenvalue weighted by Crippen LogP contribution is 2.30. The van der Waals surface area contributed by atoms with Gasteiger partial charge in [-0.3, -0.25) is 9.89 Å². The molecule has 0 aliphatic carbocycles. The van der Waals surface area contributed by atoms with E-state index in [1.807, 2.05) is 30.3 Å². The average molecular weight is 410 g/mol. The maximum absolute atomic E-state index is 13.6. The second kappa shape index (κ2) is 7.23. The minimum Gasteiger partial charge on any atom is -0.497 e. The summed E-state index contributed by atoms with van der Waals surface area (Å²) < 4.78 is 6.80. The smallest absolute Gasteiger partial charge is 0.233 e. The van der Waals surface area contributed by atoms with E-state index in [9.17, 15) is 10.1 Å². The van der Waals surface area contributed by atoms with Gasteiger partial charge in [-0.2, -0.15) is 10.5 Å². The molecule has 31 heavy (non-hydrogen) atoms. The molecule has 2 aromatic carbocycles. The molecule has 10 heteroatoms. The summed E-state index contributed by atoms with van der Waals surface area (Å²) in [5.74, 6) is 0.782. The zero-order valence-electron chi connectivity index (χ0n) is 16.2. The van der Waals surface area contributed by atoms with Gasteiger partial charge in [-0.15, -0.1) is 10.2 Å². The van der Waals surface area contributed by atoms with E-state index in [1.165, 1.54) is 4.52 Å². The molecule has 0 saturated carbocycles. The third-order valence-electron chi connectivity index (χ3n) is 4.86. The molecule has 5 rings (SSSR count). The molecule has 0 radical (unpaired) electrons. The van der Waals surface area contributed by atoms with Crippen LogP contribution in [0.3, 0.4) is 0 Å². The van der Waals surface area contributed by atoms with Crippen LogP contribution >= 0.6 is 0 Å². The van der Waals surface area contributed by atoms with Gasteiger partial charge in [-0.05, 0) is 22.9 Å². The number of methoxy groups -OCH3 is 1.